The fraction of sp³-hybridized carbons (Fsp3) is 0.0588. The summed E-state index contributed by atoms with van der Waals surface area (Å²) in [6.45, 7) is 0. The normalized spacial score (nSPS) is 11.0. The van der Waals surface area contributed by atoms with E-state index in [-0.39, 0.29) is 11.7 Å². The first kappa shape index (κ1) is 17.0. The number of thioether (sulfide) groups is 1. The van der Waals surface area contributed by atoms with Gasteiger partial charge in [0.15, 0.2) is 4.34 Å². The fourth-order valence-electron chi connectivity index (χ4n) is 2.37. The van der Waals surface area contributed by atoms with E-state index in [4.69, 9.17) is 11.6 Å². The van der Waals surface area contributed by atoms with E-state index >= 15 is 0 Å². The van der Waals surface area contributed by atoms with E-state index in [0.29, 0.717) is 16.4 Å². The van der Waals surface area contributed by atoms with Gasteiger partial charge in [0.05, 0.1) is 27.3 Å². The summed E-state index contributed by atoms with van der Waals surface area (Å²) in [6, 6.07) is 13.1. The number of benzene rings is 2. The molecule has 1 N–H and O–H groups in total. The minimum atomic E-state index is -0.141. The van der Waals surface area contributed by atoms with Crippen LogP contribution in [-0.2, 0) is 4.79 Å². The van der Waals surface area contributed by atoms with Gasteiger partial charge in [-0.25, -0.2) is 14.6 Å². The molecule has 0 aliphatic heterocycles. The third-order valence-corrected chi connectivity index (χ3v) is 5.91. The van der Waals surface area contributed by atoms with Gasteiger partial charge in [-0.05, 0) is 30.3 Å². The van der Waals surface area contributed by atoms with Crippen molar-refractivity contribution in [3.63, 3.8) is 0 Å². The summed E-state index contributed by atoms with van der Waals surface area (Å²) < 4.78 is 3.55. The quantitative estimate of drug-likeness (QED) is 0.506. The zero-order valence-corrected chi connectivity index (χ0v) is 15.7. The first-order valence-corrected chi connectivity index (χ1v) is 9.80. The number of thiazole rings is 1. The van der Waals surface area contributed by atoms with Crippen LogP contribution < -0.4 is 5.32 Å². The Labute approximate surface area is 162 Å². The van der Waals surface area contributed by atoms with E-state index in [9.17, 15) is 4.79 Å². The number of hydrogen-bond acceptors (Lipinski definition) is 6. The van der Waals surface area contributed by atoms with Crippen LogP contribution in [0.2, 0.25) is 5.02 Å². The van der Waals surface area contributed by atoms with Crippen molar-refractivity contribution in [3.05, 3.63) is 60.1 Å². The van der Waals surface area contributed by atoms with E-state index in [1.165, 1.54) is 18.1 Å². The highest BCUT2D eigenvalue weighted by molar-refractivity contribution is 8.01. The Hall–Kier alpha value is -2.42. The van der Waals surface area contributed by atoms with Gasteiger partial charge in [-0.15, -0.1) is 11.3 Å². The van der Waals surface area contributed by atoms with Gasteiger partial charge in [0.2, 0.25) is 5.91 Å². The molecule has 2 aromatic heterocycles. The van der Waals surface area contributed by atoms with E-state index in [0.717, 1.165) is 14.6 Å². The van der Waals surface area contributed by atoms with Crippen LogP contribution >= 0.6 is 34.7 Å². The van der Waals surface area contributed by atoms with E-state index in [2.05, 4.69) is 20.4 Å². The maximum atomic E-state index is 12.4. The van der Waals surface area contributed by atoms with Crippen LogP contribution in [0.15, 0.2) is 59.5 Å². The molecule has 4 aromatic rings. The highest BCUT2D eigenvalue weighted by Gasteiger charge is 2.12. The molecule has 0 saturated carbocycles. The van der Waals surface area contributed by atoms with E-state index < -0.39 is 0 Å². The molecular formula is C17H12ClN5OS2. The van der Waals surface area contributed by atoms with Crippen LogP contribution in [0.1, 0.15) is 0 Å². The van der Waals surface area contributed by atoms with Crippen molar-refractivity contribution in [1.82, 2.24) is 19.7 Å². The number of halogens is 1. The van der Waals surface area contributed by atoms with Gasteiger partial charge >= 0.3 is 0 Å². The molecule has 0 fully saturated rings. The molecule has 0 radical (unpaired) electrons. The number of nitrogens with one attached hydrogen (secondary N) is 1. The van der Waals surface area contributed by atoms with E-state index in [1.54, 1.807) is 40.5 Å². The topological polar surface area (TPSA) is 72.7 Å². The predicted octanol–water partition coefficient (Wildman–Crippen LogP) is 4.26. The minimum Gasteiger partial charge on any atom is -0.323 e. The molecule has 0 aliphatic carbocycles. The molecule has 6 nitrogen and oxygen atoms in total. The Morgan fingerprint density at radius 1 is 1.27 bits per heavy atom. The third kappa shape index (κ3) is 3.72. The molecule has 130 valence electrons. The monoisotopic (exact) mass is 401 g/mol. The number of anilines is 1. The fourth-order valence-corrected chi connectivity index (χ4v) is 4.41. The maximum Gasteiger partial charge on any atom is 0.234 e. The van der Waals surface area contributed by atoms with Gasteiger partial charge in [0.1, 0.15) is 12.7 Å². The second-order valence-electron chi connectivity index (χ2n) is 5.29. The lowest BCUT2D eigenvalue weighted by Crippen LogP contribution is -2.16. The number of rotatable bonds is 5. The second-order valence-corrected chi connectivity index (χ2v) is 7.98. The number of para-hydroxylation sites is 1. The number of amides is 1. The van der Waals surface area contributed by atoms with Gasteiger partial charge in [0, 0.05) is 5.02 Å². The highest BCUT2D eigenvalue weighted by Crippen LogP contribution is 2.30. The number of carbonyl (C=O) groups is 1. The Kier molecular flexibility index (Phi) is 4.87. The van der Waals surface area contributed by atoms with Crippen LogP contribution in [0, 0.1) is 0 Å². The molecule has 4 rings (SSSR count). The van der Waals surface area contributed by atoms with Crippen LogP contribution in [0.3, 0.4) is 0 Å². The van der Waals surface area contributed by atoms with E-state index in [1.807, 2.05) is 24.3 Å². The van der Waals surface area contributed by atoms with Crippen LogP contribution in [0.25, 0.3) is 15.9 Å². The molecule has 9 heteroatoms. The lowest BCUT2D eigenvalue weighted by Gasteiger charge is -2.11. The number of aromatic nitrogens is 4. The Morgan fingerprint density at radius 2 is 2.15 bits per heavy atom. The summed E-state index contributed by atoms with van der Waals surface area (Å²) in [5.41, 5.74) is 2.23. The summed E-state index contributed by atoms with van der Waals surface area (Å²) in [5, 5.41) is 7.52. The van der Waals surface area contributed by atoms with Gasteiger partial charge in [-0.1, -0.05) is 35.5 Å². The first-order chi connectivity index (χ1) is 12.7. The molecule has 0 spiro atoms. The van der Waals surface area contributed by atoms with Gasteiger partial charge in [0.25, 0.3) is 0 Å². The second kappa shape index (κ2) is 7.45. The summed E-state index contributed by atoms with van der Waals surface area (Å²) >= 11 is 9.06. The Balaban J connectivity index is 1.47. The lowest BCUT2D eigenvalue weighted by atomic mass is 10.2. The summed E-state index contributed by atoms with van der Waals surface area (Å²) in [5.74, 6) is 0.112. The zero-order chi connectivity index (χ0) is 17.9. The molecule has 0 atom stereocenters. The molecule has 2 aromatic carbocycles. The van der Waals surface area contributed by atoms with Crippen molar-refractivity contribution in [2.75, 3.05) is 11.1 Å². The van der Waals surface area contributed by atoms with Crippen LogP contribution in [-0.4, -0.2) is 31.4 Å². The number of nitrogens with zero attached hydrogens (tertiary/aromatic N) is 4. The van der Waals surface area contributed by atoms with Crippen molar-refractivity contribution in [2.24, 2.45) is 0 Å². The van der Waals surface area contributed by atoms with Crippen molar-refractivity contribution < 1.29 is 4.79 Å². The number of fused-ring (bicyclic) bond motifs is 1. The minimum absolute atomic E-state index is 0.141. The van der Waals surface area contributed by atoms with Crippen molar-refractivity contribution in [2.45, 2.75) is 4.34 Å². The summed E-state index contributed by atoms with van der Waals surface area (Å²) in [4.78, 5) is 20.8. The van der Waals surface area contributed by atoms with Gasteiger partial charge in [-0.3, -0.25) is 4.79 Å². The molecule has 2 heterocycles. The standard InChI is InChI=1S/C17H12ClN5OS2/c18-11-5-6-14(23-10-19-9-20-23)13(7-11)21-16(24)8-25-17-22-12-3-1-2-4-15(12)26-17/h1-7,9-10H,8H2,(H,21,24). The Bertz CT molecular complexity index is 1030. The lowest BCUT2D eigenvalue weighted by molar-refractivity contribution is -0.113. The third-order valence-electron chi connectivity index (χ3n) is 3.50. The number of carbonyl (C=O) groups excluding carboxylic acids is 1. The van der Waals surface area contributed by atoms with Crippen molar-refractivity contribution in [1.29, 1.82) is 0 Å². The van der Waals surface area contributed by atoms with Crippen LogP contribution in [0.4, 0.5) is 5.69 Å². The van der Waals surface area contributed by atoms with Crippen LogP contribution in [0.5, 0.6) is 0 Å². The predicted molar refractivity (Wildman–Crippen MR) is 105 cm³/mol. The molecule has 26 heavy (non-hydrogen) atoms. The molecule has 0 bridgehead atoms. The van der Waals surface area contributed by atoms with Crippen molar-refractivity contribution in [3.8, 4) is 5.69 Å². The van der Waals surface area contributed by atoms with Crippen molar-refractivity contribution >= 4 is 56.5 Å². The zero-order valence-electron chi connectivity index (χ0n) is 13.3. The molecule has 0 unspecified atom stereocenters. The van der Waals surface area contributed by atoms with Gasteiger partial charge in [-0.2, -0.15) is 5.10 Å². The molecule has 0 aliphatic rings. The average molecular weight is 402 g/mol. The maximum absolute atomic E-state index is 12.4. The summed E-state index contributed by atoms with van der Waals surface area (Å²) in [7, 11) is 0. The molecule has 0 saturated heterocycles. The Morgan fingerprint density at radius 3 is 2.96 bits per heavy atom. The molecular weight excluding hydrogens is 390 g/mol. The largest absolute Gasteiger partial charge is 0.323 e. The first-order valence-electron chi connectivity index (χ1n) is 7.62. The average Bonchev–Trinajstić information content (AvgIpc) is 3.29. The highest BCUT2D eigenvalue weighted by atomic mass is 35.5. The van der Waals surface area contributed by atoms with Gasteiger partial charge < -0.3 is 5.32 Å². The molecule has 1 amide bonds. The SMILES string of the molecule is O=C(CSc1nc2ccccc2s1)Nc1cc(Cl)ccc1-n1cncn1. The number of hydrogen-bond donors (Lipinski definition) is 1. The smallest absolute Gasteiger partial charge is 0.234 e. The summed E-state index contributed by atoms with van der Waals surface area (Å²) in [6.07, 6.45) is 3.00.